The molecule has 0 radical (unpaired) electrons. The highest BCUT2D eigenvalue weighted by Gasteiger charge is 2.16. The molecule has 1 fully saturated rings. The smallest absolute Gasteiger partial charge is 0.190 e. The number of nitrogen functional groups attached to an aromatic ring is 1. The molecule has 6 heteroatoms. The van der Waals surface area contributed by atoms with Gasteiger partial charge in [0.1, 0.15) is 5.82 Å². The molecule has 0 amide bonds. The van der Waals surface area contributed by atoms with E-state index >= 15 is 0 Å². The van der Waals surface area contributed by atoms with Gasteiger partial charge in [-0.1, -0.05) is 31.0 Å². The lowest BCUT2D eigenvalue weighted by molar-refractivity contribution is 0.328. The van der Waals surface area contributed by atoms with Crippen molar-refractivity contribution < 1.29 is 0 Å². The van der Waals surface area contributed by atoms with Crippen molar-refractivity contribution in [2.24, 2.45) is 0 Å². The first-order valence-corrected chi connectivity index (χ1v) is 8.47. The maximum Gasteiger partial charge on any atom is 0.190 e. The summed E-state index contributed by atoms with van der Waals surface area (Å²) in [5.41, 5.74) is 7.72. The van der Waals surface area contributed by atoms with Gasteiger partial charge in [-0.3, -0.25) is 4.68 Å². The minimum Gasteiger partial charge on any atom is -0.384 e. The molecule has 0 aliphatic heterocycles. The van der Waals surface area contributed by atoms with Crippen molar-refractivity contribution in [2.45, 2.75) is 56.0 Å². The fourth-order valence-corrected chi connectivity index (χ4v) is 3.58. The van der Waals surface area contributed by atoms with Crippen LogP contribution in [0.4, 0.5) is 5.82 Å². The summed E-state index contributed by atoms with van der Waals surface area (Å²) < 4.78 is 2.14. The highest BCUT2D eigenvalue weighted by atomic mass is 32.2. The van der Waals surface area contributed by atoms with E-state index in [1.54, 1.807) is 17.8 Å². The molecule has 1 aliphatic rings. The quantitative estimate of drug-likeness (QED) is 0.693. The molecule has 1 saturated carbocycles. The van der Waals surface area contributed by atoms with Crippen molar-refractivity contribution in [3.63, 3.8) is 0 Å². The molecule has 0 aromatic carbocycles. The molecule has 21 heavy (non-hydrogen) atoms. The Morgan fingerprint density at radius 3 is 2.86 bits per heavy atom. The molecular formula is C15H21N5S. The van der Waals surface area contributed by atoms with Crippen LogP contribution in [0, 0.1) is 6.92 Å². The number of hydrogen-bond donors (Lipinski definition) is 1. The van der Waals surface area contributed by atoms with E-state index in [9.17, 15) is 0 Å². The van der Waals surface area contributed by atoms with E-state index in [1.165, 1.54) is 32.1 Å². The SMILES string of the molecule is Cc1cc(N)nc(SCc2ccn(C3CCCCC3)n2)n1. The molecule has 112 valence electrons. The third kappa shape index (κ3) is 3.75. The second-order valence-corrected chi connectivity index (χ2v) is 6.53. The summed E-state index contributed by atoms with van der Waals surface area (Å²) >= 11 is 1.58. The summed E-state index contributed by atoms with van der Waals surface area (Å²) in [6.07, 6.45) is 8.64. The summed E-state index contributed by atoms with van der Waals surface area (Å²) in [6, 6.07) is 4.46. The van der Waals surface area contributed by atoms with Crippen LogP contribution in [0.5, 0.6) is 0 Å². The van der Waals surface area contributed by atoms with Crippen LogP contribution < -0.4 is 5.73 Å². The normalized spacial score (nSPS) is 16.2. The van der Waals surface area contributed by atoms with Crippen molar-refractivity contribution in [1.82, 2.24) is 19.7 Å². The Bertz CT molecular complexity index is 584. The Hall–Kier alpha value is -1.56. The summed E-state index contributed by atoms with van der Waals surface area (Å²) in [7, 11) is 0. The average Bonchev–Trinajstić information content (AvgIpc) is 2.94. The first kappa shape index (κ1) is 14.4. The van der Waals surface area contributed by atoms with Crippen LogP contribution >= 0.6 is 11.8 Å². The Morgan fingerprint density at radius 2 is 2.10 bits per heavy atom. The molecule has 3 rings (SSSR count). The molecule has 2 aromatic heterocycles. The molecule has 2 heterocycles. The van der Waals surface area contributed by atoms with E-state index in [-0.39, 0.29) is 0 Å². The van der Waals surface area contributed by atoms with E-state index in [1.807, 2.05) is 6.92 Å². The van der Waals surface area contributed by atoms with Crippen LogP contribution in [-0.4, -0.2) is 19.7 Å². The monoisotopic (exact) mass is 303 g/mol. The summed E-state index contributed by atoms with van der Waals surface area (Å²) in [5, 5.41) is 5.42. The van der Waals surface area contributed by atoms with E-state index in [4.69, 9.17) is 10.8 Å². The van der Waals surface area contributed by atoms with Gasteiger partial charge in [0.15, 0.2) is 5.16 Å². The Labute approximate surface area is 129 Å². The number of thioether (sulfide) groups is 1. The Kier molecular flexibility index (Phi) is 4.43. The van der Waals surface area contributed by atoms with E-state index in [2.05, 4.69) is 26.9 Å². The van der Waals surface area contributed by atoms with Crippen molar-refractivity contribution in [2.75, 3.05) is 5.73 Å². The van der Waals surface area contributed by atoms with Gasteiger partial charge in [0.25, 0.3) is 0 Å². The van der Waals surface area contributed by atoms with Crippen molar-refractivity contribution in [3.8, 4) is 0 Å². The van der Waals surface area contributed by atoms with Gasteiger partial charge in [-0.25, -0.2) is 9.97 Å². The summed E-state index contributed by atoms with van der Waals surface area (Å²) in [5.74, 6) is 1.31. The van der Waals surface area contributed by atoms with Crippen LogP contribution in [0.1, 0.15) is 49.5 Å². The van der Waals surface area contributed by atoms with Crippen molar-refractivity contribution in [3.05, 3.63) is 29.7 Å². The van der Waals surface area contributed by atoms with Crippen LogP contribution in [0.2, 0.25) is 0 Å². The Morgan fingerprint density at radius 1 is 1.29 bits per heavy atom. The van der Waals surface area contributed by atoms with Gasteiger partial charge in [0, 0.05) is 23.7 Å². The van der Waals surface area contributed by atoms with Crippen molar-refractivity contribution in [1.29, 1.82) is 0 Å². The zero-order valence-corrected chi connectivity index (χ0v) is 13.1. The van der Waals surface area contributed by atoms with Gasteiger partial charge in [-0.2, -0.15) is 5.10 Å². The number of hydrogen-bond acceptors (Lipinski definition) is 5. The van der Waals surface area contributed by atoms with Crippen LogP contribution in [-0.2, 0) is 5.75 Å². The zero-order chi connectivity index (χ0) is 14.7. The molecule has 0 unspecified atom stereocenters. The zero-order valence-electron chi connectivity index (χ0n) is 12.3. The highest BCUT2D eigenvalue weighted by molar-refractivity contribution is 7.98. The molecule has 0 atom stereocenters. The number of aryl methyl sites for hydroxylation is 1. The third-order valence-corrected chi connectivity index (χ3v) is 4.70. The first-order valence-electron chi connectivity index (χ1n) is 7.49. The lowest BCUT2D eigenvalue weighted by atomic mass is 9.96. The fourth-order valence-electron chi connectivity index (χ4n) is 2.77. The maximum absolute atomic E-state index is 5.75. The number of nitrogens with two attached hydrogens (primary N) is 1. The predicted molar refractivity (Wildman–Crippen MR) is 85.1 cm³/mol. The minimum atomic E-state index is 0.526. The lowest BCUT2D eigenvalue weighted by Crippen LogP contribution is -2.13. The molecule has 5 nitrogen and oxygen atoms in total. The highest BCUT2D eigenvalue weighted by Crippen LogP contribution is 2.28. The molecular weight excluding hydrogens is 282 g/mol. The standard InChI is InChI=1S/C15H21N5S/c1-11-9-14(16)18-15(17-11)21-10-12-7-8-20(19-12)13-5-3-2-4-6-13/h7-9,13H,2-6,10H2,1H3,(H2,16,17,18). The minimum absolute atomic E-state index is 0.526. The average molecular weight is 303 g/mol. The number of rotatable bonds is 4. The van der Waals surface area contributed by atoms with Gasteiger partial charge in [0.2, 0.25) is 0 Å². The second-order valence-electron chi connectivity index (χ2n) is 5.58. The molecule has 0 bridgehead atoms. The van der Waals surface area contributed by atoms with Gasteiger partial charge >= 0.3 is 0 Å². The molecule has 2 aromatic rings. The second kappa shape index (κ2) is 6.47. The molecule has 0 saturated heterocycles. The van der Waals surface area contributed by atoms with Gasteiger partial charge in [0.05, 0.1) is 11.7 Å². The van der Waals surface area contributed by atoms with E-state index in [0.29, 0.717) is 11.9 Å². The summed E-state index contributed by atoms with van der Waals surface area (Å²) in [4.78, 5) is 8.62. The molecule has 2 N–H and O–H groups in total. The molecule has 0 spiro atoms. The topological polar surface area (TPSA) is 69.6 Å². The van der Waals surface area contributed by atoms with Gasteiger partial charge in [-0.15, -0.1) is 0 Å². The predicted octanol–water partition coefficient (Wildman–Crippen LogP) is 3.36. The number of aromatic nitrogens is 4. The Balaban J connectivity index is 1.61. The first-order chi connectivity index (χ1) is 10.2. The number of anilines is 1. The summed E-state index contributed by atoms with van der Waals surface area (Å²) in [6.45, 7) is 1.93. The van der Waals surface area contributed by atoms with Crippen LogP contribution in [0.3, 0.4) is 0 Å². The number of nitrogens with zero attached hydrogens (tertiary/aromatic N) is 4. The van der Waals surface area contributed by atoms with Gasteiger partial charge < -0.3 is 5.73 Å². The van der Waals surface area contributed by atoms with E-state index < -0.39 is 0 Å². The fraction of sp³-hybridized carbons (Fsp3) is 0.533. The van der Waals surface area contributed by atoms with Crippen LogP contribution in [0.25, 0.3) is 0 Å². The van der Waals surface area contributed by atoms with Crippen LogP contribution in [0.15, 0.2) is 23.5 Å². The van der Waals surface area contributed by atoms with Gasteiger partial charge in [-0.05, 0) is 25.8 Å². The molecule has 1 aliphatic carbocycles. The maximum atomic E-state index is 5.75. The largest absolute Gasteiger partial charge is 0.384 e. The van der Waals surface area contributed by atoms with E-state index in [0.717, 1.165) is 22.3 Å². The third-order valence-electron chi connectivity index (χ3n) is 3.82. The van der Waals surface area contributed by atoms with Crippen molar-refractivity contribution >= 4 is 17.6 Å². The lowest BCUT2D eigenvalue weighted by Gasteiger charge is -2.21.